The molecule has 27 heavy (non-hydrogen) atoms. The normalized spacial score (nSPS) is 10.6. The van der Waals surface area contributed by atoms with Crippen LogP contribution in [0.3, 0.4) is 0 Å². The fraction of sp³-hybridized carbons (Fsp3) is 0.238. The molecule has 0 atom stereocenters. The van der Waals surface area contributed by atoms with Crippen LogP contribution in [-0.4, -0.2) is 25.5 Å². The summed E-state index contributed by atoms with van der Waals surface area (Å²) in [5.41, 5.74) is 1.46. The number of Topliss-reactive ketones (excluding diaryl/α,β-unsaturated/α-hetero) is 1. The Bertz CT molecular complexity index is 986. The Balaban J connectivity index is 1.92. The van der Waals surface area contributed by atoms with Crippen LogP contribution in [0, 0.1) is 0 Å². The van der Waals surface area contributed by atoms with Crippen molar-refractivity contribution in [2.24, 2.45) is 0 Å². The van der Waals surface area contributed by atoms with E-state index in [4.69, 9.17) is 18.6 Å². The van der Waals surface area contributed by atoms with Gasteiger partial charge in [0, 0.05) is 10.9 Å². The number of carbonyl (C=O) groups is 2. The van der Waals surface area contributed by atoms with Gasteiger partial charge >= 0.3 is 5.97 Å². The molecule has 0 N–H and O–H groups in total. The van der Waals surface area contributed by atoms with Crippen molar-refractivity contribution in [3.8, 4) is 11.5 Å². The molecule has 3 aromatic rings. The predicted octanol–water partition coefficient (Wildman–Crippen LogP) is 4.40. The molecule has 0 aliphatic heterocycles. The van der Waals surface area contributed by atoms with Crippen molar-refractivity contribution in [2.45, 2.75) is 20.5 Å². The van der Waals surface area contributed by atoms with Crippen LogP contribution < -0.4 is 9.47 Å². The third kappa shape index (κ3) is 3.79. The molecular formula is C21H20O6. The van der Waals surface area contributed by atoms with Gasteiger partial charge in [-0.15, -0.1) is 0 Å². The number of carbonyl (C=O) groups excluding carboxylic acids is 2. The zero-order valence-corrected chi connectivity index (χ0v) is 15.4. The van der Waals surface area contributed by atoms with E-state index in [9.17, 15) is 9.59 Å². The van der Waals surface area contributed by atoms with Gasteiger partial charge in [-0.1, -0.05) is 18.2 Å². The van der Waals surface area contributed by atoms with Crippen molar-refractivity contribution < 1.29 is 28.2 Å². The molecule has 6 nitrogen and oxygen atoms in total. The van der Waals surface area contributed by atoms with Crippen molar-refractivity contribution in [3.05, 3.63) is 59.4 Å². The molecule has 3 rings (SSSR count). The topological polar surface area (TPSA) is 75.0 Å². The number of rotatable bonds is 7. The minimum atomic E-state index is -0.458. The number of para-hydroxylation sites is 1. The summed E-state index contributed by atoms with van der Waals surface area (Å²) >= 11 is 0. The second kappa shape index (κ2) is 7.95. The summed E-state index contributed by atoms with van der Waals surface area (Å²) in [6, 6.07) is 12.2. The first-order valence-corrected chi connectivity index (χ1v) is 8.54. The molecule has 2 aromatic carbocycles. The van der Waals surface area contributed by atoms with E-state index in [1.807, 2.05) is 12.1 Å². The number of hydrogen-bond donors (Lipinski definition) is 0. The number of hydrogen-bond acceptors (Lipinski definition) is 6. The van der Waals surface area contributed by atoms with Gasteiger partial charge in [-0.25, -0.2) is 4.79 Å². The van der Waals surface area contributed by atoms with Crippen LogP contribution in [0.2, 0.25) is 0 Å². The Hall–Kier alpha value is -3.28. The number of furan rings is 1. The molecule has 1 heterocycles. The molecule has 6 heteroatoms. The van der Waals surface area contributed by atoms with Crippen LogP contribution >= 0.6 is 0 Å². The number of ketones is 1. The minimum Gasteiger partial charge on any atom is -0.493 e. The Morgan fingerprint density at radius 2 is 1.85 bits per heavy atom. The monoisotopic (exact) mass is 368 g/mol. The highest BCUT2D eigenvalue weighted by Gasteiger charge is 2.22. The second-order valence-corrected chi connectivity index (χ2v) is 5.83. The SMILES string of the molecule is CCOC(=O)c1c(COc2ccc(C(C)=O)cc2OC)oc2ccccc12. The van der Waals surface area contributed by atoms with Crippen molar-refractivity contribution in [2.75, 3.05) is 13.7 Å². The maximum Gasteiger partial charge on any atom is 0.342 e. The molecule has 0 aliphatic rings. The fourth-order valence-corrected chi connectivity index (χ4v) is 2.77. The lowest BCUT2D eigenvalue weighted by Gasteiger charge is -2.11. The van der Waals surface area contributed by atoms with Crippen molar-refractivity contribution in [3.63, 3.8) is 0 Å². The van der Waals surface area contributed by atoms with E-state index >= 15 is 0 Å². The molecule has 0 radical (unpaired) electrons. The first-order chi connectivity index (χ1) is 13.0. The van der Waals surface area contributed by atoms with Crippen LogP contribution in [0.15, 0.2) is 46.9 Å². The van der Waals surface area contributed by atoms with Crippen molar-refractivity contribution in [1.82, 2.24) is 0 Å². The zero-order valence-electron chi connectivity index (χ0n) is 15.4. The third-order valence-electron chi connectivity index (χ3n) is 4.08. The summed E-state index contributed by atoms with van der Waals surface area (Å²) in [5, 5.41) is 0.674. The Morgan fingerprint density at radius 3 is 2.56 bits per heavy atom. The largest absolute Gasteiger partial charge is 0.493 e. The Morgan fingerprint density at radius 1 is 1.07 bits per heavy atom. The van der Waals surface area contributed by atoms with Gasteiger partial charge in [0.15, 0.2) is 23.0 Å². The minimum absolute atomic E-state index is 0.0125. The third-order valence-corrected chi connectivity index (χ3v) is 4.08. The van der Waals surface area contributed by atoms with Gasteiger partial charge < -0.3 is 18.6 Å². The van der Waals surface area contributed by atoms with Gasteiger partial charge in [-0.2, -0.15) is 0 Å². The Labute approximate surface area is 156 Å². The van der Waals surface area contributed by atoms with Crippen molar-refractivity contribution in [1.29, 1.82) is 0 Å². The molecule has 0 unspecified atom stereocenters. The number of esters is 1. The Kier molecular flexibility index (Phi) is 5.45. The van der Waals surface area contributed by atoms with Crippen LogP contribution in [0.25, 0.3) is 11.0 Å². The molecule has 0 spiro atoms. The van der Waals surface area contributed by atoms with Crippen molar-refractivity contribution >= 4 is 22.7 Å². The molecule has 0 saturated carbocycles. The second-order valence-electron chi connectivity index (χ2n) is 5.83. The van der Waals surface area contributed by atoms with Crippen LogP contribution in [0.1, 0.15) is 40.3 Å². The molecule has 0 bridgehead atoms. The summed E-state index contributed by atoms with van der Waals surface area (Å²) in [5.74, 6) is 0.711. The zero-order chi connectivity index (χ0) is 19.4. The maximum atomic E-state index is 12.4. The lowest BCUT2D eigenvalue weighted by atomic mass is 10.1. The number of fused-ring (bicyclic) bond motifs is 1. The van der Waals surface area contributed by atoms with E-state index in [1.54, 1.807) is 37.3 Å². The number of ether oxygens (including phenoxy) is 3. The van der Waals surface area contributed by atoms with Gasteiger partial charge in [0.25, 0.3) is 0 Å². The average molecular weight is 368 g/mol. The molecule has 0 amide bonds. The van der Waals surface area contributed by atoms with Crippen LogP contribution in [0.5, 0.6) is 11.5 Å². The summed E-state index contributed by atoms with van der Waals surface area (Å²) in [6.07, 6.45) is 0. The molecule has 140 valence electrons. The van der Waals surface area contributed by atoms with E-state index in [-0.39, 0.29) is 19.0 Å². The summed E-state index contributed by atoms with van der Waals surface area (Å²) in [6.45, 7) is 3.50. The highest BCUT2D eigenvalue weighted by molar-refractivity contribution is 6.04. The van der Waals surface area contributed by atoms with Crippen LogP contribution in [0.4, 0.5) is 0 Å². The molecular weight excluding hydrogens is 348 g/mol. The van der Waals surface area contributed by atoms with Gasteiger partial charge in [0.1, 0.15) is 17.8 Å². The van der Waals surface area contributed by atoms with E-state index in [0.29, 0.717) is 39.4 Å². The smallest absolute Gasteiger partial charge is 0.342 e. The summed E-state index contributed by atoms with van der Waals surface area (Å²) < 4.78 is 22.1. The average Bonchev–Trinajstić information content (AvgIpc) is 3.04. The summed E-state index contributed by atoms with van der Waals surface area (Å²) in [4.78, 5) is 23.9. The lowest BCUT2D eigenvalue weighted by Crippen LogP contribution is -2.08. The number of methoxy groups -OCH3 is 1. The van der Waals surface area contributed by atoms with E-state index < -0.39 is 5.97 Å². The number of benzene rings is 2. The van der Waals surface area contributed by atoms with Gasteiger partial charge in [0.05, 0.1) is 13.7 Å². The van der Waals surface area contributed by atoms with Crippen LogP contribution in [-0.2, 0) is 11.3 Å². The maximum absolute atomic E-state index is 12.4. The lowest BCUT2D eigenvalue weighted by molar-refractivity contribution is 0.0523. The molecule has 0 fully saturated rings. The molecule has 0 saturated heterocycles. The predicted molar refractivity (Wildman–Crippen MR) is 99.5 cm³/mol. The van der Waals surface area contributed by atoms with Gasteiger partial charge in [-0.3, -0.25) is 4.79 Å². The fourth-order valence-electron chi connectivity index (χ4n) is 2.77. The first kappa shape index (κ1) is 18.5. The molecule has 0 aliphatic carbocycles. The highest BCUT2D eigenvalue weighted by Crippen LogP contribution is 2.31. The quantitative estimate of drug-likeness (QED) is 0.454. The highest BCUT2D eigenvalue weighted by atomic mass is 16.5. The van der Waals surface area contributed by atoms with E-state index in [0.717, 1.165) is 0 Å². The van der Waals surface area contributed by atoms with E-state index in [1.165, 1.54) is 14.0 Å². The summed E-state index contributed by atoms with van der Waals surface area (Å²) in [7, 11) is 1.50. The van der Waals surface area contributed by atoms with E-state index in [2.05, 4.69) is 0 Å². The first-order valence-electron chi connectivity index (χ1n) is 8.54. The van der Waals surface area contributed by atoms with Gasteiger partial charge in [-0.05, 0) is 38.1 Å². The molecule has 1 aromatic heterocycles. The van der Waals surface area contributed by atoms with Gasteiger partial charge in [0.2, 0.25) is 0 Å². The standard InChI is InChI=1S/C21H20O6/c1-4-25-21(23)20-15-7-5-6-8-16(15)27-19(20)12-26-17-10-9-14(13(2)22)11-18(17)24-3/h5-11H,4,12H2,1-3H3.